The number of fused-ring (bicyclic) bond motifs is 1. The van der Waals surface area contributed by atoms with Gasteiger partial charge in [-0.15, -0.1) is 0 Å². The molecule has 0 saturated heterocycles. The Morgan fingerprint density at radius 2 is 1.49 bits per heavy atom. The SMILES string of the molecule is O=C(N[C@@H](c1ccc(C(F)(F)F)c(F)c1)c1ncccc1C(F)(F)F)c1ccc2ncccc2c1. The topological polar surface area (TPSA) is 54.9 Å². The van der Waals surface area contributed by atoms with Crippen LogP contribution in [0.4, 0.5) is 30.7 Å². The van der Waals surface area contributed by atoms with Crippen LogP contribution < -0.4 is 5.32 Å². The van der Waals surface area contributed by atoms with Gasteiger partial charge in [0.1, 0.15) is 5.82 Å². The number of alkyl halides is 6. The molecule has 0 radical (unpaired) electrons. The molecule has 1 atom stereocenters. The van der Waals surface area contributed by atoms with Crippen molar-refractivity contribution in [2.45, 2.75) is 18.4 Å². The van der Waals surface area contributed by atoms with Crippen LogP contribution in [-0.2, 0) is 12.4 Å². The quantitative estimate of drug-likeness (QED) is 0.338. The summed E-state index contributed by atoms with van der Waals surface area (Å²) < 4.78 is 94.4. The first-order valence-electron chi connectivity index (χ1n) is 9.99. The van der Waals surface area contributed by atoms with Crippen molar-refractivity contribution >= 4 is 16.8 Å². The van der Waals surface area contributed by atoms with Gasteiger partial charge in [-0.25, -0.2) is 4.39 Å². The number of rotatable bonds is 4. The van der Waals surface area contributed by atoms with Crippen LogP contribution >= 0.6 is 0 Å². The van der Waals surface area contributed by atoms with Crippen molar-refractivity contribution in [2.24, 2.45) is 0 Å². The fourth-order valence-electron chi connectivity index (χ4n) is 3.57. The summed E-state index contributed by atoms with van der Waals surface area (Å²) in [5.41, 5.74) is -3.26. The first-order valence-corrected chi connectivity index (χ1v) is 9.99. The largest absolute Gasteiger partial charge is 0.419 e. The molecule has 4 aromatic rings. The highest BCUT2D eigenvalue weighted by atomic mass is 19.4. The lowest BCUT2D eigenvalue weighted by atomic mass is 9.97. The molecule has 2 heterocycles. The van der Waals surface area contributed by atoms with Gasteiger partial charge in [-0.1, -0.05) is 12.1 Å². The van der Waals surface area contributed by atoms with Crippen molar-refractivity contribution < 1.29 is 35.5 Å². The lowest BCUT2D eigenvalue weighted by molar-refractivity contribution is -0.140. The fourth-order valence-corrected chi connectivity index (χ4v) is 3.57. The second-order valence-corrected chi connectivity index (χ2v) is 7.49. The van der Waals surface area contributed by atoms with Crippen molar-refractivity contribution in [1.29, 1.82) is 0 Å². The summed E-state index contributed by atoms with van der Waals surface area (Å²) in [6.45, 7) is 0. The molecule has 0 aliphatic heterocycles. The van der Waals surface area contributed by atoms with E-state index in [-0.39, 0.29) is 11.1 Å². The van der Waals surface area contributed by atoms with Crippen LogP contribution in [-0.4, -0.2) is 15.9 Å². The molecule has 0 aliphatic carbocycles. The monoisotopic (exact) mass is 493 g/mol. The van der Waals surface area contributed by atoms with Gasteiger partial charge in [-0.2, -0.15) is 26.3 Å². The number of hydrogen-bond donors (Lipinski definition) is 1. The Hall–Kier alpha value is -4.02. The lowest BCUT2D eigenvalue weighted by Crippen LogP contribution is -2.32. The van der Waals surface area contributed by atoms with Crippen molar-refractivity contribution in [3.05, 3.63) is 107 Å². The highest BCUT2D eigenvalue weighted by molar-refractivity contribution is 5.98. The predicted octanol–water partition coefficient (Wildman–Crippen LogP) is 6.33. The van der Waals surface area contributed by atoms with Gasteiger partial charge < -0.3 is 5.32 Å². The summed E-state index contributed by atoms with van der Waals surface area (Å²) in [7, 11) is 0. The Balaban J connectivity index is 1.81. The maximum atomic E-state index is 14.3. The van der Waals surface area contributed by atoms with Crippen molar-refractivity contribution in [1.82, 2.24) is 15.3 Å². The summed E-state index contributed by atoms with van der Waals surface area (Å²) in [5, 5.41) is 2.93. The average molecular weight is 493 g/mol. The molecule has 0 spiro atoms. The molecule has 1 N–H and O–H groups in total. The van der Waals surface area contributed by atoms with Crippen LogP contribution in [0.25, 0.3) is 10.9 Å². The number of aromatic nitrogens is 2. The van der Waals surface area contributed by atoms with Crippen molar-refractivity contribution in [2.75, 3.05) is 0 Å². The van der Waals surface area contributed by atoms with E-state index in [2.05, 4.69) is 15.3 Å². The summed E-state index contributed by atoms with van der Waals surface area (Å²) in [5.74, 6) is -2.55. The number of pyridine rings is 2. The van der Waals surface area contributed by atoms with E-state index in [1.165, 1.54) is 24.4 Å². The summed E-state index contributed by atoms with van der Waals surface area (Å²) >= 11 is 0. The van der Waals surface area contributed by atoms with Gasteiger partial charge >= 0.3 is 12.4 Å². The Labute approximate surface area is 193 Å². The minimum atomic E-state index is -5.01. The maximum Gasteiger partial charge on any atom is 0.419 e. The van der Waals surface area contributed by atoms with Gasteiger partial charge in [0.15, 0.2) is 0 Å². The van der Waals surface area contributed by atoms with E-state index in [1.54, 1.807) is 12.1 Å². The molecule has 0 unspecified atom stereocenters. The summed E-state index contributed by atoms with van der Waals surface area (Å²) in [6, 6.07) is 9.33. The van der Waals surface area contributed by atoms with E-state index >= 15 is 0 Å². The normalized spacial score (nSPS) is 13.0. The number of nitrogens with one attached hydrogen (secondary N) is 1. The molecular weight excluding hydrogens is 479 g/mol. The van der Waals surface area contributed by atoms with E-state index in [4.69, 9.17) is 0 Å². The summed E-state index contributed by atoms with van der Waals surface area (Å²) in [6.07, 6.45) is -7.34. The number of carbonyl (C=O) groups excluding carboxylic acids is 1. The molecule has 4 nitrogen and oxygen atoms in total. The number of amides is 1. The Bertz CT molecular complexity index is 1400. The number of benzene rings is 2. The minimum absolute atomic E-state index is 0.0485. The van der Waals surface area contributed by atoms with E-state index in [1.807, 2.05) is 0 Å². The molecule has 35 heavy (non-hydrogen) atoms. The number of carbonyl (C=O) groups is 1. The van der Waals surface area contributed by atoms with Crippen LogP contribution in [0.5, 0.6) is 0 Å². The molecule has 0 saturated carbocycles. The molecule has 0 bridgehead atoms. The van der Waals surface area contributed by atoms with Gasteiger partial charge in [0.25, 0.3) is 5.91 Å². The molecule has 180 valence electrons. The second-order valence-electron chi connectivity index (χ2n) is 7.49. The first kappa shape index (κ1) is 24.1. The van der Waals surface area contributed by atoms with Crippen LogP contribution in [0.15, 0.2) is 73.1 Å². The molecule has 0 aliphatic rings. The number of hydrogen-bond acceptors (Lipinski definition) is 3. The molecule has 4 rings (SSSR count). The standard InChI is InChI=1S/C24H14F7N3O/c25-18-12-14(5-7-16(18)23(26,27)28)20(21-17(24(29,30)31)4-2-10-33-21)34-22(35)15-6-8-19-13(11-15)3-1-9-32-19/h1-12,20H,(H,34,35)/t20-/m0/s1. The van der Waals surface area contributed by atoms with Gasteiger partial charge in [-0.05, 0) is 54.1 Å². The Morgan fingerprint density at radius 3 is 2.17 bits per heavy atom. The lowest BCUT2D eigenvalue weighted by Gasteiger charge is -2.23. The Morgan fingerprint density at radius 1 is 0.800 bits per heavy atom. The smallest absolute Gasteiger partial charge is 0.340 e. The van der Waals surface area contributed by atoms with Gasteiger partial charge in [0.2, 0.25) is 0 Å². The Kier molecular flexibility index (Phi) is 6.18. The highest BCUT2D eigenvalue weighted by Gasteiger charge is 2.38. The zero-order valence-electron chi connectivity index (χ0n) is 17.5. The minimum Gasteiger partial charge on any atom is -0.340 e. The van der Waals surface area contributed by atoms with E-state index in [0.717, 1.165) is 18.3 Å². The van der Waals surface area contributed by atoms with E-state index < -0.39 is 46.9 Å². The highest BCUT2D eigenvalue weighted by Crippen LogP contribution is 2.37. The third-order valence-electron chi connectivity index (χ3n) is 5.19. The number of halogens is 7. The van der Waals surface area contributed by atoms with E-state index in [9.17, 15) is 35.5 Å². The molecule has 2 aromatic carbocycles. The van der Waals surface area contributed by atoms with Crippen LogP contribution in [0.2, 0.25) is 0 Å². The predicted molar refractivity (Wildman–Crippen MR) is 112 cm³/mol. The van der Waals surface area contributed by atoms with Crippen LogP contribution in [0.1, 0.15) is 38.8 Å². The van der Waals surface area contributed by atoms with Crippen LogP contribution in [0, 0.1) is 5.82 Å². The molecule has 11 heteroatoms. The third-order valence-corrected chi connectivity index (χ3v) is 5.19. The van der Waals surface area contributed by atoms with Gasteiger partial charge in [0.05, 0.1) is 28.4 Å². The number of nitrogens with zero attached hydrogens (tertiary/aromatic N) is 2. The van der Waals surface area contributed by atoms with Crippen molar-refractivity contribution in [3.8, 4) is 0 Å². The van der Waals surface area contributed by atoms with Gasteiger partial charge in [0, 0.05) is 23.3 Å². The zero-order chi connectivity index (χ0) is 25.4. The molecule has 1 amide bonds. The summed E-state index contributed by atoms with van der Waals surface area (Å²) in [4.78, 5) is 20.8. The van der Waals surface area contributed by atoms with E-state index in [0.29, 0.717) is 29.1 Å². The molecule has 0 fully saturated rings. The third kappa shape index (κ3) is 5.08. The van der Waals surface area contributed by atoms with Crippen molar-refractivity contribution in [3.63, 3.8) is 0 Å². The second kappa shape index (κ2) is 8.97. The first-order chi connectivity index (χ1) is 16.4. The average Bonchev–Trinajstić information content (AvgIpc) is 2.80. The maximum absolute atomic E-state index is 14.3. The fraction of sp³-hybridized carbons (Fsp3) is 0.125. The zero-order valence-corrected chi connectivity index (χ0v) is 17.5. The van der Waals surface area contributed by atoms with Crippen LogP contribution in [0.3, 0.4) is 0 Å². The molecular formula is C24H14F7N3O. The molecule has 2 aromatic heterocycles. The van der Waals surface area contributed by atoms with Gasteiger partial charge in [-0.3, -0.25) is 14.8 Å².